The van der Waals surface area contributed by atoms with Crippen LogP contribution in [-0.4, -0.2) is 20.9 Å². The maximum Gasteiger partial charge on any atom is 0.264 e. The van der Waals surface area contributed by atoms with Gasteiger partial charge in [-0.3, -0.25) is 9.10 Å². The van der Waals surface area contributed by atoms with Crippen molar-refractivity contribution < 1.29 is 13.2 Å². The van der Waals surface area contributed by atoms with Crippen LogP contribution in [0.15, 0.2) is 77.7 Å². The SMILES string of the molecule is O=C(CN(c1cc(Cl)ccc1Cl)S(=O)(=O)c1ccccc1)Nc1ccc(C23CC4CC(CC(C4)C2)C3)cc1. The summed E-state index contributed by atoms with van der Waals surface area (Å²) in [5.74, 6) is 2.10. The Bertz CT molecular complexity index is 1420. The molecule has 3 aromatic rings. The predicted molar refractivity (Wildman–Crippen MR) is 152 cm³/mol. The van der Waals surface area contributed by atoms with Crippen LogP contribution in [0, 0.1) is 17.8 Å². The van der Waals surface area contributed by atoms with Gasteiger partial charge < -0.3 is 5.32 Å². The van der Waals surface area contributed by atoms with Gasteiger partial charge in [-0.05, 0) is 110 Å². The predicted octanol–water partition coefficient (Wildman–Crippen LogP) is 7.30. The molecule has 0 aliphatic heterocycles. The molecule has 4 aliphatic rings. The number of nitrogens with one attached hydrogen (secondary N) is 1. The monoisotopic (exact) mass is 568 g/mol. The third-order valence-corrected chi connectivity index (χ3v) is 10.9. The van der Waals surface area contributed by atoms with E-state index in [-0.39, 0.29) is 21.0 Å². The quantitative estimate of drug-likeness (QED) is 0.325. The summed E-state index contributed by atoms with van der Waals surface area (Å²) in [7, 11) is -4.08. The van der Waals surface area contributed by atoms with Gasteiger partial charge in [-0.1, -0.05) is 53.5 Å². The van der Waals surface area contributed by atoms with Gasteiger partial charge in [0.15, 0.2) is 0 Å². The Morgan fingerprint density at radius 2 is 1.47 bits per heavy atom. The van der Waals surface area contributed by atoms with Crippen LogP contribution in [0.4, 0.5) is 11.4 Å². The Hall–Kier alpha value is -2.54. The number of amides is 1. The third-order valence-electron chi connectivity index (χ3n) is 8.61. The second-order valence-corrected chi connectivity index (χ2v) is 13.9. The minimum Gasteiger partial charge on any atom is -0.325 e. The number of benzene rings is 3. The molecule has 0 aromatic heterocycles. The highest BCUT2D eigenvalue weighted by atomic mass is 35.5. The highest BCUT2D eigenvalue weighted by molar-refractivity contribution is 7.92. The van der Waals surface area contributed by atoms with Gasteiger partial charge >= 0.3 is 0 Å². The summed E-state index contributed by atoms with van der Waals surface area (Å²) in [5, 5.41) is 3.38. The summed E-state index contributed by atoms with van der Waals surface area (Å²) in [6.07, 6.45) is 8.01. The molecule has 4 saturated carbocycles. The van der Waals surface area contributed by atoms with Crippen molar-refractivity contribution in [2.75, 3.05) is 16.2 Å². The fraction of sp³-hybridized carbons (Fsp3) is 0.367. The molecule has 0 spiro atoms. The molecule has 8 heteroatoms. The lowest BCUT2D eigenvalue weighted by Gasteiger charge is -2.57. The van der Waals surface area contributed by atoms with Gasteiger partial charge in [0.1, 0.15) is 6.54 Å². The lowest BCUT2D eigenvalue weighted by atomic mass is 9.48. The number of nitrogens with zero attached hydrogens (tertiary/aromatic N) is 1. The number of carbonyl (C=O) groups is 1. The van der Waals surface area contributed by atoms with E-state index < -0.39 is 22.5 Å². The number of anilines is 2. The molecular formula is C30H30Cl2N2O3S. The lowest BCUT2D eigenvalue weighted by Crippen LogP contribution is -2.48. The Morgan fingerprint density at radius 3 is 2.08 bits per heavy atom. The van der Waals surface area contributed by atoms with Crippen LogP contribution in [0.25, 0.3) is 0 Å². The average Bonchev–Trinajstić information content (AvgIpc) is 2.89. The normalized spacial score (nSPS) is 25.8. The summed E-state index contributed by atoms with van der Waals surface area (Å²) < 4.78 is 28.2. The molecule has 0 heterocycles. The van der Waals surface area contributed by atoms with Crippen LogP contribution in [-0.2, 0) is 20.2 Å². The van der Waals surface area contributed by atoms with Crippen LogP contribution in [0.2, 0.25) is 10.0 Å². The number of hydrogen-bond donors (Lipinski definition) is 1. The van der Waals surface area contributed by atoms with Crippen molar-refractivity contribution in [2.45, 2.75) is 48.8 Å². The lowest BCUT2D eigenvalue weighted by molar-refractivity contribution is -0.114. The summed E-state index contributed by atoms with van der Waals surface area (Å²) in [4.78, 5) is 13.2. The summed E-state index contributed by atoms with van der Waals surface area (Å²) in [5.41, 5.74) is 2.43. The maximum atomic E-state index is 13.6. The van der Waals surface area contributed by atoms with Gasteiger partial charge in [0.25, 0.3) is 10.0 Å². The smallest absolute Gasteiger partial charge is 0.264 e. The third kappa shape index (κ3) is 4.83. The first-order chi connectivity index (χ1) is 18.2. The van der Waals surface area contributed by atoms with Crippen molar-refractivity contribution in [2.24, 2.45) is 17.8 Å². The first-order valence-corrected chi connectivity index (χ1v) is 15.3. The van der Waals surface area contributed by atoms with Crippen molar-refractivity contribution in [3.63, 3.8) is 0 Å². The van der Waals surface area contributed by atoms with Gasteiger partial charge in [-0.25, -0.2) is 8.42 Å². The summed E-state index contributed by atoms with van der Waals surface area (Å²) >= 11 is 12.5. The van der Waals surface area contributed by atoms with Gasteiger partial charge in [0.2, 0.25) is 5.91 Å². The van der Waals surface area contributed by atoms with E-state index in [9.17, 15) is 13.2 Å². The molecule has 198 valence electrons. The average molecular weight is 570 g/mol. The number of hydrogen-bond acceptors (Lipinski definition) is 3. The van der Waals surface area contributed by atoms with E-state index in [4.69, 9.17) is 23.2 Å². The fourth-order valence-electron chi connectivity index (χ4n) is 7.40. The second-order valence-electron chi connectivity index (χ2n) is 11.2. The molecule has 1 N–H and O–H groups in total. The molecule has 7 rings (SSSR count). The zero-order valence-electron chi connectivity index (χ0n) is 20.9. The van der Waals surface area contributed by atoms with Crippen molar-refractivity contribution in [3.8, 4) is 0 Å². The zero-order valence-corrected chi connectivity index (χ0v) is 23.3. The molecule has 1 amide bonds. The van der Waals surface area contributed by atoms with Crippen molar-refractivity contribution in [1.82, 2.24) is 0 Å². The molecule has 0 radical (unpaired) electrons. The molecule has 4 aliphatic carbocycles. The molecule has 4 bridgehead atoms. The zero-order chi connectivity index (χ0) is 26.5. The summed E-state index contributed by atoms with van der Waals surface area (Å²) in [6.45, 7) is -0.450. The first kappa shape index (κ1) is 25.7. The first-order valence-electron chi connectivity index (χ1n) is 13.2. The molecule has 0 unspecified atom stereocenters. The molecular weight excluding hydrogens is 539 g/mol. The minimum atomic E-state index is -4.08. The largest absolute Gasteiger partial charge is 0.325 e. The van der Waals surface area contributed by atoms with E-state index in [0.29, 0.717) is 10.7 Å². The van der Waals surface area contributed by atoms with Crippen LogP contribution in [0.3, 0.4) is 0 Å². The Kier molecular flexibility index (Phi) is 6.69. The Morgan fingerprint density at radius 1 is 0.868 bits per heavy atom. The van der Waals surface area contributed by atoms with Crippen LogP contribution < -0.4 is 9.62 Å². The molecule has 0 saturated heterocycles. The molecule has 5 nitrogen and oxygen atoms in total. The Balaban J connectivity index is 1.23. The fourth-order valence-corrected chi connectivity index (χ4v) is 9.29. The van der Waals surface area contributed by atoms with E-state index in [2.05, 4.69) is 17.4 Å². The summed E-state index contributed by atoms with van der Waals surface area (Å²) in [6, 6.07) is 20.7. The van der Waals surface area contributed by atoms with Crippen molar-refractivity contribution in [3.05, 3.63) is 88.4 Å². The van der Waals surface area contributed by atoms with E-state index in [0.717, 1.165) is 22.1 Å². The standard InChI is InChI=1S/C30H30Cl2N2O3S/c31-24-8-11-27(32)28(15-24)34(38(36,37)26-4-2-1-3-5-26)19-29(35)33-25-9-6-23(7-10-25)30-16-20-12-21(17-30)14-22(13-20)18-30/h1-11,15,20-22H,12-14,16-19H2,(H,33,35). The number of sulfonamides is 1. The highest BCUT2D eigenvalue weighted by Gasteiger charge is 2.51. The van der Waals surface area contributed by atoms with E-state index in [1.54, 1.807) is 24.3 Å². The molecule has 3 aromatic carbocycles. The van der Waals surface area contributed by atoms with E-state index in [1.807, 2.05) is 12.1 Å². The number of rotatable bonds is 7. The van der Waals surface area contributed by atoms with Gasteiger partial charge in [0, 0.05) is 10.7 Å². The van der Waals surface area contributed by atoms with E-state index >= 15 is 0 Å². The van der Waals surface area contributed by atoms with E-state index in [1.165, 1.54) is 68.4 Å². The minimum absolute atomic E-state index is 0.0590. The highest BCUT2D eigenvalue weighted by Crippen LogP contribution is 2.60. The second kappa shape index (κ2) is 9.89. The number of halogens is 2. The number of carbonyl (C=O) groups excluding carboxylic acids is 1. The Labute approximate surface area is 234 Å². The van der Waals surface area contributed by atoms with Crippen molar-refractivity contribution in [1.29, 1.82) is 0 Å². The molecule has 0 atom stereocenters. The topological polar surface area (TPSA) is 66.5 Å². The van der Waals surface area contributed by atoms with Gasteiger partial charge in [0.05, 0.1) is 15.6 Å². The van der Waals surface area contributed by atoms with Crippen LogP contribution >= 0.6 is 23.2 Å². The van der Waals surface area contributed by atoms with Gasteiger partial charge in [-0.15, -0.1) is 0 Å². The van der Waals surface area contributed by atoms with Gasteiger partial charge in [-0.2, -0.15) is 0 Å². The van der Waals surface area contributed by atoms with Crippen LogP contribution in [0.1, 0.15) is 44.1 Å². The van der Waals surface area contributed by atoms with Crippen molar-refractivity contribution >= 4 is 50.5 Å². The molecule has 4 fully saturated rings. The van der Waals surface area contributed by atoms with Crippen LogP contribution in [0.5, 0.6) is 0 Å². The molecule has 38 heavy (non-hydrogen) atoms. The maximum absolute atomic E-state index is 13.6.